The van der Waals surface area contributed by atoms with Crippen molar-refractivity contribution in [2.75, 3.05) is 5.73 Å². The zero-order valence-electron chi connectivity index (χ0n) is 7.16. The van der Waals surface area contributed by atoms with Crippen molar-refractivity contribution >= 4 is 16.6 Å². The number of rotatable bonds is 0. The van der Waals surface area contributed by atoms with E-state index in [1.165, 1.54) is 18.3 Å². The number of fused-ring (bicyclic) bond motifs is 1. The minimum absolute atomic E-state index is 0.00484. The first kappa shape index (κ1) is 8.45. The molecule has 0 aliphatic heterocycles. The number of benzene rings is 1. The van der Waals surface area contributed by atoms with E-state index in [1.807, 2.05) is 0 Å². The third-order valence-corrected chi connectivity index (χ3v) is 1.91. The Bertz CT molecular complexity index is 543. The van der Waals surface area contributed by atoms with Crippen LogP contribution in [0.4, 0.5) is 10.1 Å². The number of nitrogens with zero attached hydrogens (tertiary/aromatic N) is 2. The van der Waals surface area contributed by atoms with Gasteiger partial charge < -0.3 is 5.73 Å². The molecule has 2 N–H and O–H groups in total. The molecule has 0 radical (unpaired) electrons. The highest BCUT2D eigenvalue weighted by Crippen LogP contribution is 2.18. The molecular weight excluding hydrogens is 181 g/mol. The highest BCUT2D eigenvalue weighted by atomic mass is 19.1. The van der Waals surface area contributed by atoms with Gasteiger partial charge >= 0.3 is 0 Å². The fourth-order valence-electron chi connectivity index (χ4n) is 1.25. The van der Waals surface area contributed by atoms with Crippen molar-refractivity contribution < 1.29 is 4.39 Å². The minimum atomic E-state index is -0.549. The average Bonchev–Trinajstić information content (AvgIpc) is 2.16. The Kier molecular flexibility index (Phi) is 1.79. The van der Waals surface area contributed by atoms with Gasteiger partial charge in [0.15, 0.2) is 0 Å². The molecule has 0 saturated carbocycles. The monoisotopic (exact) mass is 187 g/mol. The van der Waals surface area contributed by atoms with Crippen LogP contribution in [0.2, 0.25) is 0 Å². The predicted molar refractivity (Wildman–Crippen MR) is 50.8 cm³/mol. The Morgan fingerprint density at radius 3 is 2.86 bits per heavy atom. The van der Waals surface area contributed by atoms with Crippen molar-refractivity contribution in [1.29, 1.82) is 5.26 Å². The van der Waals surface area contributed by atoms with Crippen molar-refractivity contribution in [1.82, 2.24) is 4.98 Å². The Hall–Kier alpha value is -2.15. The van der Waals surface area contributed by atoms with Gasteiger partial charge in [-0.25, -0.2) is 4.39 Å². The zero-order valence-corrected chi connectivity index (χ0v) is 7.16. The first-order valence-corrected chi connectivity index (χ1v) is 3.95. The summed E-state index contributed by atoms with van der Waals surface area (Å²) in [6.45, 7) is 0. The number of nitriles is 1. The summed E-state index contributed by atoms with van der Waals surface area (Å²) >= 11 is 0. The third-order valence-electron chi connectivity index (χ3n) is 1.91. The summed E-state index contributed by atoms with van der Waals surface area (Å²) in [5.41, 5.74) is 6.53. The Morgan fingerprint density at radius 1 is 1.36 bits per heavy atom. The van der Waals surface area contributed by atoms with Crippen LogP contribution in [-0.2, 0) is 0 Å². The van der Waals surface area contributed by atoms with Crippen molar-refractivity contribution in [3.05, 3.63) is 35.8 Å². The molecule has 0 amide bonds. The second kappa shape index (κ2) is 2.96. The first-order valence-electron chi connectivity index (χ1n) is 3.95. The summed E-state index contributed by atoms with van der Waals surface area (Å²) in [4.78, 5) is 3.99. The Labute approximate surface area is 79.6 Å². The molecule has 2 rings (SSSR count). The fraction of sp³-hybridized carbons (Fsp3) is 0. The number of hydrogen-bond acceptors (Lipinski definition) is 3. The molecular formula is C10H6FN3. The van der Waals surface area contributed by atoms with E-state index in [0.717, 1.165) is 0 Å². The lowest BCUT2D eigenvalue weighted by Crippen LogP contribution is -1.90. The molecule has 1 heterocycles. The van der Waals surface area contributed by atoms with Crippen LogP contribution in [0.15, 0.2) is 24.4 Å². The lowest BCUT2D eigenvalue weighted by atomic mass is 10.1. The van der Waals surface area contributed by atoms with Crippen LogP contribution >= 0.6 is 0 Å². The maximum Gasteiger partial charge on any atom is 0.141 e. The van der Waals surface area contributed by atoms with Gasteiger partial charge in [0, 0.05) is 5.39 Å². The quantitative estimate of drug-likeness (QED) is 0.684. The maximum absolute atomic E-state index is 13.2. The van der Waals surface area contributed by atoms with E-state index in [4.69, 9.17) is 11.0 Å². The van der Waals surface area contributed by atoms with E-state index < -0.39 is 5.82 Å². The van der Waals surface area contributed by atoms with Gasteiger partial charge in [-0.1, -0.05) is 0 Å². The van der Waals surface area contributed by atoms with Crippen LogP contribution in [-0.4, -0.2) is 4.98 Å². The van der Waals surface area contributed by atoms with Gasteiger partial charge in [0.25, 0.3) is 0 Å². The number of nitrogen functional groups attached to an aromatic ring is 1. The van der Waals surface area contributed by atoms with Gasteiger partial charge in [0.1, 0.15) is 11.9 Å². The van der Waals surface area contributed by atoms with E-state index in [1.54, 1.807) is 12.1 Å². The van der Waals surface area contributed by atoms with Crippen molar-refractivity contribution in [2.45, 2.75) is 0 Å². The summed E-state index contributed by atoms with van der Waals surface area (Å²) < 4.78 is 13.2. The molecule has 14 heavy (non-hydrogen) atoms. The second-order valence-corrected chi connectivity index (χ2v) is 2.91. The van der Waals surface area contributed by atoms with E-state index in [9.17, 15) is 4.39 Å². The van der Waals surface area contributed by atoms with Crippen LogP contribution in [0, 0.1) is 17.1 Å². The molecule has 0 atom stereocenters. The number of pyridine rings is 1. The number of halogens is 1. The highest BCUT2D eigenvalue weighted by molar-refractivity contribution is 5.82. The van der Waals surface area contributed by atoms with Gasteiger partial charge in [0.05, 0.1) is 23.0 Å². The molecule has 3 nitrogen and oxygen atoms in total. The number of anilines is 1. The van der Waals surface area contributed by atoms with Gasteiger partial charge in [-0.2, -0.15) is 5.26 Å². The smallest absolute Gasteiger partial charge is 0.141 e. The standard InChI is InChI=1S/C10H6FN3/c11-9-2-6-1-8(13)5-14-10(6)3-7(9)4-12/h1-3,5H,13H2. The van der Waals surface area contributed by atoms with Crippen LogP contribution in [0.25, 0.3) is 10.9 Å². The lowest BCUT2D eigenvalue weighted by molar-refractivity contribution is 0.626. The Morgan fingerprint density at radius 2 is 2.14 bits per heavy atom. The summed E-state index contributed by atoms with van der Waals surface area (Å²) in [7, 11) is 0. The molecule has 0 aliphatic rings. The third kappa shape index (κ3) is 1.25. The molecule has 4 heteroatoms. The number of hydrogen-bond donors (Lipinski definition) is 1. The van der Waals surface area contributed by atoms with Gasteiger partial charge in [-0.05, 0) is 18.2 Å². The molecule has 0 unspecified atom stereocenters. The first-order chi connectivity index (χ1) is 6.70. The summed E-state index contributed by atoms with van der Waals surface area (Å²) in [5, 5.41) is 9.19. The summed E-state index contributed by atoms with van der Waals surface area (Å²) in [6, 6.07) is 6.04. The van der Waals surface area contributed by atoms with Gasteiger partial charge in [-0.15, -0.1) is 0 Å². The van der Waals surface area contributed by atoms with E-state index >= 15 is 0 Å². The van der Waals surface area contributed by atoms with Crippen LogP contribution < -0.4 is 5.73 Å². The summed E-state index contributed by atoms with van der Waals surface area (Å²) in [5.74, 6) is -0.549. The molecule has 1 aromatic carbocycles. The average molecular weight is 187 g/mol. The van der Waals surface area contributed by atoms with Gasteiger partial charge in [0.2, 0.25) is 0 Å². The lowest BCUT2D eigenvalue weighted by Gasteiger charge is -1.99. The van der Waals surface area contributed by atoms with Crippen LogP contribution in [0.1, 0.15) is 5.56 Å². The fourth-order valence-corrected chi connectivity index (χ4v) is 1.25. The molecule has 0 fully saturated rings. The van der Waals surface area contributed by atoms with Crippen LogP contribution in [0.5, 0.6) is 0 Å². The topological polar surface area (TPSA) is 62.7 Å². The normalized spacial score (nSPS) is 10.0. The van der Waals surface area contributed by atoms with Crippen molar-refractivity contribution in [3.63, 3.8) is 0 Å². The number of aromatic nitrogens is 1. The van der Waals surface area contributed by atoms with E-state index in [0.29, 0.717) is 16.6 Å². The number of nitrogens with two attached hydrogens (primary N) is 1. The zero-order chi connectivity index (χ0) is 10.1. The largest absolute Gasteiger partial charge is 0.397 e. The van der Waals surface area contributed by atoms with Gasteiger partial charge in [-0.3, -0.25) is 4.98 Å². The van der Waals surface area contributed by atoms with Crippen LogP contribution in [0.3, 0.4) is 0 Å². The van der Waals surface area contributed by atoms with E-state index in [-0.39, 0.29) is 5.56 Å². The molecule has 1 aromatic heterocycles. The highest BCUT2D eigenvalue weighted by Gasteiger charge is 2.04. The molecule has 0 saturated heterocycles. The molecule has 0 bridgehead atoms. The summed E-state index contributed by atoms with van der Waals surface area (Å²) in [6.07, 6.45) is 1.47. The molecule has 2 aromatic rings. The molecule has 0 aliphatic carbocycles. The molecule has 0 spiro atoms. The van der Waals surface area contributed by atoms with Crippen molar-refractivity contribution in [2.24, 2.45) is 0 Å². The minimum Gasteiger partial charge on any atom is -0.397 e. The van der Waals surface area contributed by atoms with Crippen molar-refractivity contribution in [3.8, 4) is 6.07 Å². The maximum atomic E-state index is 13.2. The molecule has 68 valence electrons. The SMILES string of the molecule is N#Cc1cc2ncc(N)cc2cc1F. The predicted octanol–water partition coefficient (Wildman–Crippen LogP) is 1.83. The second-order valence-electron chi connectivity index (χ2n) is 2.91. The Balaban J connectivity index is 2.81. The van der Waals surface area contributed by atoms with E-state index in [2.05, 4.69) is 4.98 Å².